The molecule has 144 valence electrons. The van der Waals surface area contributed by atoms with Crippen LogP contribution in [0.1, 0.15) is 12.0 Å². The Morgan fingerprint density at radius 3 is 2.93 bits per heavy atom. The molecule has 6 heteroatoms. The number of nitrogens with zero attached hydrogens (tertiary/aromatic N) is 1. The average molecular weight is 377 g/mol. The Morgan fingerprint density at radius 1 is 1.21 bits per heavy atom. The van der Waals surface area contributed by atoms with Gasteiger partial charge in [0.25, 0.3) is 0 Å². The minimum absolute atomic E-state index is 0.0231. The van der Waals surface area contributed by atoms with Crippen molar-refractivity contribution in [2.24, 2.45) is 5.92 Å². The van der Waals surface area contributed by atoms with Crippen molar-refractivity contribution in [3.63, 3.8) is 0 Å². The van der Waals surface area contributed by atoms with Gasteiger partial charge in [0.05, 0.1) is 18.7 Å². The molecule has 2 aromatic carbocycles. The summed E-state index contributed by atoms with van der Waals surface area (Å²) in [5.74, 6) is 0.402. The van der Waals surface area contributed by atoms with E-state index in [9.17, 15) is 9.59 Å². The fourth-order valence-electron chi connectivity index (χ4n) is 3.76. The summed E-state index contributed by atoms with van der Waals surface area (Å²) in [6.45, 7) is 1.03. The number of nitrogens with one attached hydrogen (secondary N) is 2. The molecule has 1 aliphatic rings. The molecule has 0 bridgehead atoms. The first kappa shape index (κ1) is 18.1. The number of carbonyl (C=O) groups is 2. The highest BCUT2D eigenvalue weighted by atomic mass is 16.5. The van der Waals surface area contributed by atoms with Gasteiger partial charge >= 0.3 is 0 Å². The zero-order valence-corrected chi connectivity index (χ0v) is 15.8. The molecule has 0 saturated carbocycles. The number of benzene rings is 2. The normalized spacial score (nSPS) is 16.5. The highest BCUT2D eigenvalue weighted by molar-refractivity contribution is 6.03. The summed E-state index contributed by atoms with van der Waals surface area (Å²) in [6.07, 6.45) is 2.80. The van der Waals surface area contributed by atoms with E-state index in [-0.39, 0.29) is 24.2 Å². The molecular formula is C22H23N3O3. The summed E-state index contributed by atoms with van der Waals surface area (Å²) in [6, 6.07) is 15.5. The molecule has 1 fully saturated rings. The molecule has 0 aliphatic carbocycles. The zero-order chi connectivity index (χ0) is 19.5. The predicted molar refractivity (Wildman–Crippen MR) is 108 cm³/mol. The van der Waals surface area contributed by atoms with Crippen molar-refractivity contribution >= 4 is 28.4 Å². The number of amides is 2. The molecule has 2 N–H and O–H groups in total. The molecule has 1 aliphatic heterocycles. The summed E-state index contributed by atoms with van der Waals surface area (Å²) < 4.78 is 5.37. The Kier molecular flexibility index (Phi) is 5.02. The molecule has 3 aromatic rings. The monoisotopic (exact) mass is 377 g/mol. The third-order valence-electron chi connectivity index (χ3n) is 5.28. The maximum atomic E-state index is 12.7. The average Bonchev–Trinajstić information content (AvgIpc) is 3.34. The molecule has 2 amide bonds. The molecule has 4 rings (SSSR count). The van der Waals surface area contributed by atoms with Crippen LogP contribution in [0.3, 0.4) is 0 Å². The molecule has 2 heterocycles. The van der Waals surface area contributed by atoms with Crippen LogP contribution in [-0.2, 0) is 16.0 Å². The number of aromatic amines is 1. The second-order valence-corrected chi connectivity index (χ2v) is 7.04. The Labute approximate surface area is 163 Å². The molecule has 1 atom stereocenters. The summed E-state index contributed by atoms with van der Waals surface area (Å²) in [5, 5.41) is 3.95. The Hall–Kier alpha value is -3.28. The second kappa shape index (κ2) is 7.76. The fraction of sp³-hybridized carbons (Fsp3) is 0.273. The van der Waals surface area contributed by atoms with Crippen LogP contribution in [0.5, 0.6) is 5.75 Å². The van der Waals surface area contributed by atoms with E-state index < -0.39 is 0 Å². The van der Waals surface area contributed by atoms with Crippen LogP contribution in [0, 0.1) is 5.92 Å². The third-order valence-corrected chi connectivity index (χ3v) is 5.28. The van der Waals surface area contributed by atoms with Crippen molar-refractivity contribution in [2.75, 3.05) is 25.5 Å². The molecule has 6 nitrogen and oxygen atoms in total. The summed E-state index contributed by atoms with van der Waals surface area (Å²) in [4.78, 5) is 30.0. The highest BCUT2D eigenvalue weighted by Crippen LogP contribution is 2.26. The Bertz CT molecular complexity index is 1010. The van der Waals surface area contributed by atoms with E-state index in [1.54, 1.807) is 12.0 Å². The maximum absolute atomic E-state index is 12.7. The number of hydrogen-bond acceptors (Lipinski definition) is 3. The molecule has 28 heavy (non-hydrogen) atoms. The van der Waals surface area contributed by atoms with Gasteiger partial charge in [-0.1, -0.05) is 24.3 Å². The largest absolute Gasteiger partial charge is 0.496 e. The van der Waals surface area contributed by atoms with Crippen molar-refractivity contribution in [1.29, 1.82) is 0 Å². The molecule has 1 saturated heterocycles. The Morgan fingerprint density at radius 2 is 2.07 bits per heavy atom. The Balaban J connectivity index is 1.39. The fourth-order valence-corrected chi connectivity index (χ4v) is 3.76. The van der Waals surface area contributed by atoms with Crippen LogP contribution in [0.2, 0.25) is 0 Å². The smallest absolute Gasteiger partial charge is 0.229 e. The first-order valence-electron chi connectivity index (χ1n) is 9.42. The lowest BCUT2D eigenvalue weighted by Gasteiger charge is -2.17. The van der Waals surface area contributed by atoms with Gasteiger partial charge in [-0.25, -0.2) is 0 Å². The number of aromatic nitrogens is 1. The lowest BCUT2D eigenvalue weighted by molar-refractivity contribution is -0.128. The number of para-hydroxylation sites is 1. The lowest BCUT2D eigenvalue weighted by Crippen LogP contribution is -2.30. The lowest BCUT2D eigenvalue weighted by atomic mass is 10.1. The van der Waals surface area contributed by atoms with Gasteiger partial charge in [-0.05, 0) is 36.2 Å². The van der Waals surface area contributed by atoms with Gasteiger partial charge in [-0.15, -0.1) is 0 Å². The minimum atomic E-state index is -0.334. The van der Waals surface area contributed by atoms with Gasteiger partial charge in [0, 0.05) is 36.6 Å². The van der Waals surface area contributed by atoms with Crippen LogP contribution in [-0.4, -0.2) is 41.9 Å². The van der Waals surface area contributed by atoms with E-state index in [4.69, 9.17) is 4.74 Å². The zero-order valence-electron chi connectivity index (χ0n) is 15.8. The quantitative estimate of drug-likeness (QED) is 0.693. The van der Waals surface area contributed by atoms with Crippen molar-refractivity contribution in [3.8, 4) is 5.75 Å². The van der Waals surface area contributed by atoms with Crippen LogP contribution in [0.25, 0.3) is 10.9 Å². The standard InChI is InChI=1S/C22H23N3O3/c1-28-20-8-3-2-5-15(20)10-12-25-14-16(13-21(25)26)22(27)24-19-7-4-6-18-17(19)9-11-23-18/h2-9,11,16,23H,10,12-14H2,1H3,(H,24,27). The van der Waals surface area contributed by atoms with E-state index >= 15 is 0 Å². The number of rotatable bonds is 6. The number of ether oxygens (including phenoxy) is 1. The summed E-state index contributed by atoms with van der Waals surface area (Å²) >= 11 is 0. The van der Waals surface area contributed by atoms with Crippen LogP contribution < -0.4 is 10.1 Å². The van der Waals surface area contributed by atoms with Crippen molar-refractivity contribution in [1.82, 2.24) is 9.88 Å². The van der Waals surface area contributed by atoms with Crippen molar-refractivity contribution in [2.45, 2.75) is 12.8 Å². The minimum Gasteiger partial charge on any atom is -0.496 e. The number of likely N-dealkylation sites (tertiary alicyclic amines) is 1. The van der Waals surface area contributed by atoms with Crippen LogP contribution in [0.15, 0.2) is 54.7 Å². The number of fused-ring (bicyclic) bond motifs is 1. The van der Waals surface area contributed by atoms with E-state index in [0.29, 0.717) is 19.5 Å². The highest BCUT2D eigenvalue weighted by Gasteiger charge is 2.34. The molecule has 1 unspecified atom stereocenters. The topological polar surface area (TPSA) is 74.4 Å². The van der Waals surface area contributed by atoms with E-state index in [1.165, 1.54) is 0 Å². The molecule has 0 spiro atoms. The van der Waals surface area contributed by atoms with Gasteiger partial charge < -0.3 is 19.9 Å². The number of methoxy groups -OCH3 is 1. The predicted octanol–water partition coefficient (Wildman–Crippen LogP) is 3.21. The number of hydrogen-bond donors (Lipinski definition) is 2. The van der Waals surface area contributed by atoms with E-state index in [2.05, 4.69) is 10.3 Å². The first-order chi connectivity index (χ1) is 13.7. The summed E-state index contributed by atoms with van der Waals surface area (Å²) in [7, 11) is 1.64. The summed E-state index contributed by atoms with van der Waals surface area (Å²) in [5.41, 5.74) is 2.80. The third kappa shape index (κ3) is 3.58. The molecular weight excluding hydrogens is 354 g/mol. The molecule has 1 aromatic heterocycles. The van der Waals surface area contributed by atoms with Gasteiger partial charge in [0.15, 0.2) is 0 Å². The van der Waals surface area contributed by atoms with Crippen molar-refractivity contribution < 1.29 is 14.3 Å². The second-order valence-electron chi connectivity index (χ2n) is 7.04. The van der Waals surface area contributed by atoms with Gasteiger partial charge in [-0.2, -0.15) is 0 Å². The van der Waals surface area contributed by atoms with Gasteiger partial charge in [0.2, 0.25) is 11.8 Å². The maximum Gasteiger partial charge on any atom is 0.229 e. The van der Waals surface area contributed by atoms with Crippen molar-refractivity contribution in [3.05, 3.63) is 60.3 Å². The van der Waals surface area contributed by atoms with E-state index in [0.717, 1.165) is 27.9 Å². The van der Waals surface area contributed by atoms with Crippen LogP contribution in [0.4, 0.5) is 5.69 Å². The molecule has 0 radical (unpaired) electrons. The van der Waals surface area contributed by atoms with Gasteiger partial charge in [0.1, 0.15) is 5.75 Å². The first-order valence-corrected chi connectivity index (χ1v) is 9.42. The number of anilines is 1. The van der Waals surface area contributed by atoms with Crippen LogP contribution >= 0.6 is 0 Å². The number of carbonyl (C=O) groups excluding carboxylic acids is 2. The van der Waals surface area contributed by atoms with E-state index in [1.807, 2.05) is 54.7 Å². The SMILES string of the molecule is COc1ccccc1CCN1CC(C(=O)Nc2cccc3[nH]ccc23)CC1=O. The number of H-pyrrole nitrogens is 1. The van der Waals surface area contributed by atoms with Gasteiger partial charge in [-0.3, -0.25) is 9.59 Å².